The molecule has 0 bridgehead atoms. The van der Waals surface area contributed by atoms with Gasteiger partial charge in [0.15, 0.2) is 0 Å². The quantitative estimate of drug-likeness (QED) is 0.880. The monoisotopic (exact) mass is 281 g/mol. The molecule has 0 atom stereocenters. The molecule has 2 aliphatic rings. The summed E-state index contributed by atoms with van der Waals surface area (Å²) in [5.41, 5.74) is 5.54. The fourth-order valence-electron chi connectivity index (χ4n) is 2.93. The van der Waals surface area contributed by atoms with Crippen molar-refractivity contribution >= 4 is 0 Å². The highest BCUT2D eigenvalue weighted by atomic mass is 15.3. The second kappa shape index (κ2) is 5.30. The van der Waals surface area contributed by atoms with Crippen molar-refractivity contribution in [3.63, 3.8) is 0 Å². The number of nitrogens with one attached hydrogen (secondary N) is 1. The van der Waals surface area contributed by atoms with Gasteiger partial charge in [0.2, 0.25) is 0 Å². The van der Waals surface area contributed by atoms with Crippen LogP contribution in [0.25, 0.3) is 0 Å². The lowest BCUT2D eigenvalue weighted by Gasteiger charge is -2.10. The zero-order chi connectivity index (χ0) is 14.2. The van der Waals surface area contributed by atoms with Gasteiger partial charge < -0.3 is 5.32 Å². The Morgan fingerprint density at radius 2 is 1.90 bits per heavy atom. The first kappa shape index (κ1) is 13.1. The van der Waals surface area contributed by atoms with Gasteiger partial charge in [-0.15, -0.1) is 0 Å². The van der Waals surface area contributed by atoms with Gasteiger partial charge in [0.05, 0.1) is 12.7 Å². The molecule has 0 saturated heterocycles. The van der Waals surface area contributed by atoms with Crippen molar-refractivity contribution in [2.24, 2.45) is 0 Å². The maximum Gasteiger partial charge on any atom is 0.0662 e. The number of aromatic nitrogens is 2. The van der Waals surface area contributed by atoms with Gasteiger partial charge in [-0.05, 0) is 38.2 Å². The number of aryl methyl sites for hydroxylation is 1. The van der Waals surface area contributed by atoms with E-state index in [0.29, 0.717) is 0 Å². The van der Waals surface area contributed by atoms with Crippen LogP contribution in [0.2, 0.25) is 0 Å². The first-order chi connectivity index (χ1) is 10.3. The molecule has 2 aliphatic carbocycles. The summed E-state index contributed by atoms with van der Waals surface area (Å²) in [6.07, 6.45) is 7.43. The van der Waals surface area contributed by atoms with Crippen LogP contribution < -0.4 is 5.32 Å². The topological polar surface area (TPSA) is 29.9 Å². The molecule has 0 aliphatic heterocycles. The molecule has 1 N–H and O–H groups in total. The molecule has 1 aromatic carbocycles. The van der Waals surface area contributed by atoms with Crippen molar-refractivity contribution in [3.8, 4) is 0 Å². The molecular weight excluding hydrogens is 258 g/mol. The number of rotatable bonds is 6. The van der Waals surface area contributed by atoms with E-state index >= 15 is 0 Å². The molecule has 2 saturated carbocycles. The SMILES string of the molecule is Cc1ccc(Cn2ncc(CNC3CC3)c2C2CC2)cc1. The van der Waals surface area contributed by atoms with Crippen LogP contribution in [0.1, 0.15) is 54.0 Å². The van der Waals surface area contributed by atoms with Gasteiger partial charge in [0, 0.05) is 29.8 Å². The van der Waals surface area contributed by atoms with Gasteiger partial charge >= 0.3 is 0 Å². The lowest BCUT2D eigenvalue weighted by atomic mass is 10.1. The molecule has 2 fully saturated rings. The molecule has 1 heterocycles. The van der Waals surface area contributed by atoms with E-state index in [1.807, 2.05) is 0 Å². The molecule has 110 valence electrons. The Morgan fingerprint density at radius 1 is 1.14 bits per heavy atom. The molecule has 2 aromatic rings. The minimum absolute atomic E-state index is 0.744. The third kappa shape index (κ3) is 3.03. The molecule has 0 unspecified atom stereocenters. The highest BCUT2D eigenvalue weighted by Crippen LogP contribution is 2.42. The fourth-order valence-corrected chi connectivity index (χ4v) is 2.93. The summed E-state index contributed by atoms with van der Waals surface area (Å²) in [6, 6.07) is 9.57. The second-order valence-corrected chi connectivity index (χ2v) is 6.63. The summed E-state index contributed by atoms with van der Waals surface area (Å²) < 4.78 is 2.23. The number of nitrogens with zero attached hydrogens (tertiary/aromatic N) is 2. The Balaban J connectivity index is 1.54. The van der Waals surface area contributed by atoms with E-state index in [1.165, 1.54) is 48.1 Å². The number of hydrogen-bond acceptors (Lipinski definition) is 2. The molecule has 1 aromatic heterocycles. The summed E-state index contributed by atoms with van der Waals surface area (Å²) in [7, 11) is 0. The summed E-state index contributed by atoms with van der Waals surface area (Å²) in [6.45, 7) is 4.02. The van der Waals surface area contributed by atoms with E-state index in [1.54, 1.807) is 0 Å². The van der Waals surface area contributed by atoms with Gasteiger partial charge in [-0.1, -0.05) is 29.8 Å². The van der Waals surface area contributed by atoms with Crippen LogP contribution in [0.5, 0.6) is 0 Å². The van der Waals surface area contributed by atoms with Crippen LogP contribution in [0, 0.1) is 6.92 Å². The molecule has 0 radical (unpaired) electrons. The molecule has 0 amide bonds. The van der Waals surface area contributed by atoms with E-state index in [0.717, 1.165) is 25.0 Å². The van der Waals surface area contributed by atoms with Crippen LogP contribution in [0.15, 0.2) is 30.5 Å². The van der Waals surface area contributed by atoms with Gasteiger partial charge in [-0.3, -0.25) is 4.68 Å². The van der Waals surface area contributed by atoms with E-state index in [4.69, 9.17) is 0 Å². The molecule has 4 rings (SSSR count). The van der Waals surface area contributed by atoms with Crippen LogP contribution in [0.3, 0.4) is 0 Å². The first-order valence-corrected chi connectivity index (χ1v) is 8.13. The summed E-state index contributed by atoms with van der Waals surface area (Å²) in [5.74, 6) is 0.744. The summed E-state index contributed by atoms with van der Waals surface area (Å²) in [5, 5.41) is 8.30. The Morgan fingerprint density at radius 3 is 2.57 bits per heavy atom. The van der Waals surface area contributed by atoms with E-state index < -0.39 is 0 Å². The van der Waals surface area contributed by atoms with Gasteiger partial charge in [0.25, 0.3) is 0 Å². The smallest absolute Gasteiger partial charge is 0.0662 e. The lowest BCUT2D eigenvalue weighted by Crippen LogP contribution is -2.16. The van der Waals surface area contributed by atoms with Crippen molar-refractivity contribution < 1.29 is 0 Å². The van der Waals surface area contributed by atoms with Crippen molar-refractivity contribution in [2.75, 3.05) is 0 Å². The lowest BCUT2D eigenvalue weighted by molar-refractivity contribution is 0.635. The zero-order valence-electron chi connectivity index (χ0n) is 12.7. The molecule has 3 nitrogen and oxygen atoms in total. The average Bonchev–Trinajstić information content (AvgIpc) is 3.40. The average molecular weight is 281 g/mol. The largest absolute Gasteiger partial charge is 0.310 e. The predicted molar refractivity (Wildman–Crippen MR) is 84.3 cm³/mol. The van der Waals surface area contributed by atoms with E-state index in [-0.39, 0.29) is 0 Å². The van der Waals surface area contributed by atoms with E-state index in [2.05, 4.69) is 52.5 Å². The fraction of sp³-hybridized carbons (Fsp3) is 0.500. The van der Waals surface area contributed by atoms with E-state index in [9.17, 15) is 0 Å². The highest BCUT2D eigenvalue weighted by molar-refractivity contribution is 5.28. The molecular formula is C18H23N3. The van der Waals surface area contributed by atoms with Crippen molar-refractivity contribution in [1.82, 2.24) is 15.1 Å². The van der Waals surface area contributed by atoms with Crippen molar-refractivity contribution in [3.05, 3.63) is 52.8 Å². The number of hydrogen-bond donors (Lipinski definition) is 1. The minimum Gasteiger partial charge on any atom is -0.310 e. The third-order valence-corrected chi connectivity index (χ3v) is 4.54. The van der Waals surface area contributed by atoms with Crippen LogP contribution in [-0.2, 0) is 13.1 Å². The first-order valence-electron chi connectivity index (χ1n) is 8.13. The summed E-state index contributed by atoms with van der Waals surface area (Å²) in [4.78, 5) is 0. The number of benzene rings is 1. The molecule has 3 heteroatoms. The standard InChI is InChI=1S/C18H23N3/c1-13-2-4-14(5-3-13)12-21-18(15-6-7-15)16(11-20-21)10-19-17-8-9-17/h2-5,11,15,17,19H,6-10,12H2,1H3. The predicted octanol–water partition coefficient (Wildman–Crippen LogP) is 3.37. The Bertz CT molecular complexity index is 618. The maximum absolute atomic E-state index is 4.67. The Labute approximate surface area is 126 Å². The Kier molecular flexibility index (Phi) is 3.30. The maximum atomic E-state index is 4.67. The van der Waals surface area contributed by atoms with Crippen LogP contribution in [-0.4, -0.2) is 15.8 Å². The highest BCUT2D eigenvalue weighted by Gasteiger charge is 2.30. The molecule has 0 spiro atoms. The Hall–Kier alpha value is -1.61. The van der Waals surface area contributed by atoms with Crippen molar-refractivity contribution in [2.45, 2.75) is 57.7 Å². The zero-order valence-corrected chi connectivity index (χ0v) is 12.7. The van der Waals surface area contributed by atoms with Gasteiger partial charge in [-0.25, -0.2) is 0 Å². The van der Waals surface area contributed by atoms with Crippen molar-refractivity contribution in [1.29, 1.82) is 0 Å². The van der Waals surface area contributed by atoms with Crippen LogP contribution >= 0.6 is 0 Å². The van der Waals surface area contributed by atoms with Crippen LogP contribution in [0.4, 0.5) is 0 Å². The normalized spacial score (nSPS) is 18.1. The second-order valence-electron chi connectivity index (χ2n) is 6.63. The van der Waals surface area contributed by atoms with Gasteiger partial charge in [-0.2, -0.15) is 5.10 Å². The third-order valence-electron chi connectivity index (χ3n) is 4.54. The minimum atomic E-state index is 0.744. The molecule has 21 heavy (non-hydrogen) atoms. The summed E-state index contributed by atoms with van der Waals surface area (Å²) >= 11 is 0. The van der Waals surface area contributed by atoms with Gasteiger partial charge in [0.1, 0.15) is 0 Å².